The molecule has 0 spiro atoms. The molecule has 1 amide bonds. The highest BCUT2D eigenvalue weighted by Crippen LogP contribution is 2.19. The Morgan fingerprint density at radius 1 is 1.50 bits per heavy atom. The second-order valence-corrected chi connectivity index (χ2v) is 3.57. The molecule has 0 N–H and O–H groups in total. The van der Waals surface area contributed by atoms with Crippen molar-refractivity contribution in [2.75, 3.05) is 13.1 Å². The lowest BCUT2D eigenvalue weighted by Gasteiger charge is -2.19. The summed E-state index contributed by atoms with van der Waals surface area (Å²) in [5, 5.41) is 19.3. The molecule has 0 radical (unpaired) electrons. The van der Waals surface area contributed by atoms with Crippen LogP contribution in [-0.4, -0.2) is 28.8 Å². The summed E-state index contributed by atoms with van der Waals surface area (Å²) in [6.45, 7) is 2.45. The first-order chi connectivity index (χ1) is 8.61. The van der Waals surface area contributed by atoms with Gasteiger partial charge in [0.05, 0.1) is 17.4 Å². The lowest BCUT2D eigenvalue weighted by molar-refractivity contribution is -0.385. The highest BCUT2D eigenvalue weighted by Gasteiger charge is 2.22. The fourth-order valence-electron chi connectivity index (χ4n) is 1.57. The van der Waals surface area contributed by atoms with Crippen LogP contribution in [0.2, 0.25) is 0 Å². The summed E-state index contributed by atoms with van der Waals surface area (Å²) < 4.78 is 0. The third-order valence-electron chi connectivity index (χ3n) is 2.49. The van der Waals surface area contributed by atoms with Crippen molar-refractivity contribution in [1.29, 1.82) is 5.26 Å². The van der Waals surface area contributed by atoms with Gasteiger partial charge in [-0.05, 0) is 13.0 Å². The largest absolute Gasteiger partial charge is 0.338 e. The van der Waals surface area contributed by atoms with Gasteiger partial charge in [0.1, 0.15) is 5.56 Å². The van der Waals surface area contributed by atoms with Gasteiger partial charge in [0.25, 0.3) is 11.6 Å². The number of hydrogen-bond acceptors (Lipinski definition) is 4. The monoisotopic (exact) mass is 247 g/mol. The van der Waals surface area contributed by atoms with E-state index in [1.807, 2.05) is 6.07 Å². The number of nitro benzene ring substituents is 1. The highest BCUT2D eigenvalue weighted by atomic mass is 16.6. The second-order valence-electron chi connectivity index (χ2n) is 3.57. The van der Waals surface area contributed by atoms with Crippen LogP contribution < -0.4 is 0 Å². The molecule has 0 aliphatic rings. The first-order valence-corrected chi connectivity index (χ1v) is 5.51. The van der Waals surface area contributed by atoms with Crippen molar-refractivity contribution in [3.05, 3.63) is 39.9 Å². The Hall–Kier alpha value is -2.42. The van der Waals surface area contributed by atoms with Gasteiger partial charge in [0.15, 0.2) is 0 Å². The van der Waals surface area contributed by atoms with Gasteiger partial charge in [-0.3, -0.25) is 14.9 Å². The van der Waals surface area contributed by atoms with E-state index in [4.69, 9.17) is 5.26 Å². The molecule has 0 aliphatic carbocycles. The van der Waals surface area contributed by atoms with Gasteiger partial charge in [-0.1, -0.05) is 12.1 Å². The second kappa shape index (κ2) is 6.35. The molecule has 0 saturated heterocycles. The Bertz CT molecular complexity index is 494. The highest BCUT2D eigenvalue weighted by molar-refractivity contribution is 5.98. The third kappa shape index (κ3) is 3.04. The van der Waals surface area contributed by atoms with Crippen LogP contribution in [0.5, 0.6) is 0 Å². The van der Waals surface area contributed by atoms with Crippen LogP contribution in [0.4, 0.5) is 5.69 Å². The maximum Gasteiger partial charge on any atom is 0.282 e. The average molecular weight is 247 g/mol. The van der Waals surface area contributed by atoms with E-state index < -0.39 is 10.8 Å². The topological polar surface area (TPSA) is 87.2 Å². The van der Waals surface area contributed by atoms with Gasteiger partial charge in [0.2, 0.25) is 0 Å². The number of nitriles is 1. The van der Waals surface area contributed by atoms with Crippen molar-refractivity contribution in [2.45, 2.75) is 13.3 Å². The fourth-order valence-corrected chi connectivity index (χ4v) is 1.57. The van der Waals surface area contributed by atoms with Gasteiger partial charge < -0.3 is 4.90 Å². The maximum absolute atomic E-state index is 12.1. The summed E-state index contributed by atoms with van der Waals surface area (Å²) >= 11 is 0. The summed E-state index contributed by atoms with van der Waals surface area (Å²) in [6, 6.07) is 7.77. The van der Waals surface area contributed by atoms with Crippen molar-refractivity contribution >= 4 is 11.6 Å². The number of rotatable bonds is 5. The molecule has 1 aromatic rings. The van der Waals surface area contributed by atoms with Crippen LogP contribution in [0.3, 0.4) is 0 Å². The minimum absolute atomic E-state index is 0.0577. The Morgan fingerprint density at radius 2 is 2.17 bits per heavy atom. The van der Waals surface area contributed by atoms with E-state index >= 15 is 0 Å². The Morgan fingerprint density at radius 3 is 2.72 bits per heavy atom. The van der Waals surface area contributed by atoms with Gasteiger partial charge in [0, 0.05) is 19.2 Å². The zero-order valence-corrected chi connectivity index (χ0v) is 10.00. The number of nitrogens with zero attached hydrogens (tertiary/aromatic N) is 3. The van der Waals surface area contributed by atoms with Crippen LogP contribution >= 0.6 is 0 Å². The van der Waals surface area contributed by atoms with Crippen molar-refractivity contribution in [3.63, 3.8) is 0 Å². The summed E-state index contributed by atoms with van der Waals surface area (Å²) in [7, 11) is 0. The Balaban J connectivity index is 3.02. The van der Waals surface area contributed by atoms with Crippen molar-refractivity contribution in [3.8, 4) is 6.07 Å². The van der Waals surface area contributed by atoms with E-state index in [2.05, 4.69) is 0 Å². The molecular formula is C12H13N3O3. The van der Waals surface area contributed by atoms with Crippen LogP contribution in [0.1, 0.15) is 23.7 Å². The molecule has 0 atom stereocenters. The van der Waals surface area contributed by atoms with E-state index in [1.165, 1.54) is 23.1 Å². The molecule has 6 nitrogen and oxygen atoms in total. The minimum Gasteiger partial charge on any atom is -0.338 e. The lowest BCUT2D eigenvalue weighted by atomic mass is 10.1. The zero-order chi connectivity index (χ0) is 13.5. The minimum atomic E-state index is -0.578. The molecule has 18 heavy (non-hydrogen) atoms. The molecule has 94 valence electrons. The molecule has 0 aromatic heterocycles. The molecule has 0 saturated carbocycles. The van der Waals surface area contributed by atoms with Crippen LogP contribution in [0.25, 0.3) is 0 Å². The number of nitro groups is 1. The normalized spacial score (nSPS) is 9.56. The molecule has 0 unspecified atom stereocenters. The van der Waals surface area contributed by atoms with Crippen LogP contribution in [-0.2, 0) is 0 Å². The number of hydrogen-bond donors (Lipinski definition) is 0. The average Bonchev–Trinajstić information content (AvgIpc) is 2.39. The molecule has 0 bridgehead atoms. The zero-order valence-electron chi connectivity index (χ0n) is 10.00. The van der Waals surface area contributed by atoms with E-state index in [0.717, 1.165) is 0 Å². The maximum atomic E-state index is 12.1. The third-order valence-corrected chi connectivity index (χ3v) is 2.49. The van der Waals surface area contributed by atoms with Crippen molar-refractivity contribution in [2.24, 2.45) is 0 Å². The molecule has 1 aromatic carbocycles. The van der Waals surface area contributed by atoms with Crippen LogP contribution in [0, 0.1) is 21.4 Å². The van der Waals surface area contributed by atoms with E-state index in [0.29, 0.717) is 6.54 Å². The number of carbonyl (C=O) groups is 1. The van der Waals surface area contributed by atoms with Gasteiger partial charge in [-0.2, -0.15) is 5.26 Å². The molecular weight excluding hydrogens is 234 g/mol. The number of benzene rings is 1. The summed E-state index contributed by atoms with van der Waals surface area (Å²) in [4.78, 5) is 23.8. The smallest absolute Gasteiger partial charge is 0.282 e. The standard InChI is InChI=1S/C12H13N3O3/c1-2-14(9-5-8-13)12(16)10-6-3-4-7-11(10)15(17)18/h3-4,6-7H,2,5,9H2,1H3. The number of amides is 1. The first kappa shape index (κ1) is 13.6. The first-order valence-electron chi connectivity index (χ1n) is 5.51. The molecule has 1 rings (SSSR count). The van der Waals surface area contributed by atoms with Gasteiger partial charge >= 0.3 is 0 Å². The predicted octanol–water partition coefficient (Wildman–Crippen LogP) is 1.97. The summed E-state index contributed by atoms with van der Waals surface area (Å²) in [6.07, 6.45) is 0.209. The van der Waals surface area contributed by atoms with Crippen molar-refractivity contribution < 1.29 is 9.72 Å². The molecule has 0 heterocycles. The predicted molar refractivity (Wildman–Crippen MR) is 64.9 cm³/mol. The molecule has 0 fully saturated rings. The number of para-hydroxylation sites is 1. The summed E-state index contributed by atoms with van der Waals surface area (Å²) in [5.74, 6) is -0.417. The van der Waals surface area contributed by atoms with E-state index in [9.17, 15) is 14.9 Å². The lowest BCUT2D eigenvalue weighted by Crippen LogP contribution is -2.32. The van der Waals surface area contributed by atoms with Crippen molar-refractivity contribution in [1.82, 2.24) is 4.90 Å². The van der Waals surface area contributed by atoms with E-state index in [-0.39, 0.29) is 24.2 Å². The SMILES string of the molecule is CCN(CCC#N)C(=O)c1ccccc1[N+](=O)[O-]. The van der Waals surface area contributed by atoms with E-state index in [1.54, 1.807) is 13.0 Å². The van der Waals surface area contributed by atoms with Gasteiger partial charge in [-0.15, -0.1) is 0 Å². The molecule has 6 heteroatoms. The Kier molecular flexibility index (Phi) is 4.81. The quantitative estimate of drug-likeness (QED) is 0.587. The Labute approximate surface area is 105 Å². The molecule has 0 aliphatic heterocycles. The van der Waals surface area contributed by atoms with Crippen LogP contribution in [0.15, 0.2) is 24.3 Å². The fraction of sp³-hybridized carbons (Fsp3) is 0.333. The van der Waals surface area contributed by atoms with Gasteiger partial charge in [-0.25, -0.2) is 0 Å². The number of carbonyl (C=O) groups excluding carboxylic acids is 1. The summed E-state index contributed by atoms with van der Waals surface area (Å²) in [5.41, 5.74) is -0.153.